The summed E-state index contributed by atoms with van der Waals surface area (Å²) in [5.74, 6) is 2.07. The van der Waals surface area contributed by atoms with Crippen molar-refractivity contribution >= 4 is 29.5 Å². The van der Waals surface area contributed by atoms with Crippen LogP contribution in [0.2, 0.25) is 0 Å². The van der Waals surface area contributed by atoms with E-state index in [1.807, 2.05) is 0 Å². The van der Waals surface area contributed by atoms with Crippen LogP contribution >= 0.6 is 11.8 Å². The highest BCUT2D eigenvalue weighted by molar-refractivity contribution is 7.99. The van der Waals surface area contributed by atoms with Crippen LogP contribution in [0.15, 0.2) is 18.5 Å². The minimum absolute atomic E-state index is 0.0709. The maximum Gasteiger partial charge on any atom is 0.243 e. The van der Waals surface area contributed by atoms with E-state index in [1.54, 1.807) is 35.1 Å². The molecular weight excluding hydrogens is 314 g/mol. The third-order valence-electron chi connectivity index (χ3n) is 4.20. The molecule has 1 aromatic rings. The largest absolute Gasteiger partial charge is 0.353 e. The molecule has 1 aromatic heterocycles. The zero-order valence-corrected chi connectivity index (χ0v) is 13.7. The number of anilines is 1. The maximum atomic E-state index is 12.4. The van der Waals surface area contributed by atoms with Crippen molar-refractivity contribution in [1.29, 1.82) is 0 Å². The molecule has 1 saturated heterocycles. The van der Waals surface area contributed by atoms with Gasteiger partial charge in [0.05, 0.1) is 5.88 Å². The first-order chi connectivity index (χ1) is 11.3. The van der Waals surface area contributed by atoms with Crippen molar-refractivity contribution in [2.45, 2.75) is 25.3 Å². The summed E-state index contributed by atoms with van der Waals surface area (Å²) in [6.07, 6.45) is 6.38. The van der Waals surface area contributed by atoms with Crippen LogP contribution in [0.4, 0.5) is 5.95 Å². The number of nitrogens with one attached hydrogen (secondary N) is 2. The number of rotatable bonds is 6. The van der Waals surface area contributed by atoms with E-state index in [2.05, 4.69) is 20.6 Å². The lowest BCUT2D eigenvalue weighted by Crippen LogP contribution is -2.50. The molecule has 2 aliphatic rings. The SMILES string of the molecule is O=C(NCCNc1ncccn1)[C@@H]1CSCN1C(=O)C1CCC1. The van der Waals surface area contributed by atoms with Gasteiger partial charge in [-0.25, -0.2) is 9.97 Å². The molecule has 7 nitrogen and oxygen atoms in total. The molecule has 124 valence electrons. The predicted octanol–water partition coefficient (Wildman–Crippen LogP) is 0.706. The van der Waals surface area contributed by atoms with Crippen molar-refractivity contribution < 1.29 is 9.59 Å². The Labute approximate surface area is 139 Å². The van der Waals surface area contributed by atoms with Crippen LogP contribution in [0.5, 0.6) is 0 Å². The van der Waals surface area contributed by atoms with Crippen molar-refractivity contribution in [1.82, 2.24) is 20.2 Å². The fraction of sp³-hybridized carbons (Fsp3) is 0.600. The van der Waals surface area contributed by atoms with Crippen molar-refractivity contribution in [2.75, 3.05) is 30.0 Å². The summed E-state index contributed by atoms with van der Waals surface area (Å²) >= 11 is 1.64. The molecule has 2 amide bonds. The molecule has 1 atom stereocenters. The van der Waals surface area contributed by atoms with Crippen molar-refractivity contribution in [2.24, 2.45) is 5.92 Å². The van der Waals surface area contributed by atoms with E-state index in [9.17, 15) is 9.59 Å². The number of hydrogen-bond acceptors (Lipinski definition) is 6. The summed E-state index contributed by atoms with van der Waals surface area (Å²) in [4.78, 5) is 34.5. The van der Waals surface area contributed by atoms with Crippen LogP contribution in [0, 0.1) is 5.92 Å². The average Bonchev–Trinajstić information content (AvgIpc) is 3.00. The van der Waals surface area contributed by atoms with E-state index in [4.69, 9.17) is 0 Å². The Morgan fingerprint density at radius 2 is 2.04 bits per heavy atom. The number of carbonyl (C=O) groups is 2. The van der Waals surface area contributed by atoms with E-state index in [0.717, 1.165) is 19.3 Å². The Bertz CT molecular complexity index is 552. The first kappa shape index (κ1) is 16.0. The normalized spacial score (nSPS) is 20.9. The van der Waals surface area contributed by atoms with Gasteiger partial charge in [0.25, 0.3) is 0 Å². The van der Waals surface area contributed by atoms with E-state index < -0.39 is 0 Å². The monoisotopic (exact) mass is 335 g/mol. The number of nitrogens with zero attached hydrogens (tertiary/aromatic N) is 3. The van der Waals surface area contributed by atoms with Gasteiger partial charge < -0.3 is 15.5 Å². The van der Waals surface area contributed by atoms with Crippen molar-refractivity contribution in [3.63, 3.8) is 0 Å². The Morgan fingerprint density at radius 3 is 2.74 bits per heavy atom. The second-order valence-electron chi connectivity index (χ2n) is 5.74. The fourth-order valence-corrected chi connectivity index (χ4v) is 3.80. The summed E-state index contributed by atoms with van der Waals surface area (Å²) in [5, 5.41) is 5.93. The van der Waals surface area contributed by atoms with E-state index in [0.29, 0.717) is 30.7 Å². The zero-order valence-electron chi connectivity index (χ0n) is 12.9. The molecule has 8 heteroatoms. The van der Waals surface area contributed by atoms with E-state index in [1.165, 1.54) is 0 Å². The minimum Gasteiger partial charge on any atom is -0.353 e. The van der Waals surface area contributed by atoms with E-state index in [-0.39, 0.29) is 23.8 Å². The van der Waals surface area contributed by atoms with Gasteiger partial charge in [0.2, 0.25) is 17.8 Å². The van der Waals surface area contributed by atoms with Crippen LogP contribution in [0.25, 0.3) is 0 Å². The van der Waals surface area contributed by atoms with Gasteiger partial charge in [-0.1, -0.05) is 6.42 Å². The quantitative estimate of drug-likeness (QED) is 0.745. The topological polar surface area (TPSA) is 87.2 Å². The maximum absolute atomic E-state index is 12.4. The molecule has 2 N–H and O–H groups in total. The summed E-state index contributed by atoms with van der Waals surface area (Å²) in [6, 6.07) is 1.42. The molecule has 0 radical (unpaired) electrons. The molecule has 3 rings (SSSR count). The molecule has 23 heavy (non-hydrogen) atoms. The summed E-state index contributed by atoms with van der Waals surface area (Å²) in [5.41, 5.74) is 0. The van der Waals surface area contributed by atoms with Crippen molar-refractivity contribution in [3.8, 4) is 0 Å². The van der Waals surface area contributed by atoms with Gasteiger partial charge >= 0.3 is 0 Å². The van der Waals surface area contributed by atoms with E-state index >= 15 is 0 Å². The second kappa shape index (κ2) is 7.63. The Morgan fingerprint density at radius 1 is 1.26 bits per heavy atom. The lowest BCUT2D eigenvalue weighted by molar-refractivity contribution is -0.143. The summed E-state index contributed by atoms with van der Waals surface area (Å²) < 4.78 is 0. The van der Waals surface area contributed by atoms with Gasteiger partial charge in [0.1, 0.15) is 6.04 Å². The molecule has 1 saturated carbocycles. The molecule has 1 aliphatic carbocycles. The molecule has 0 unspecified atom stereocenters. The number of hydrogen-bond donors (Lipinski definition) is 2. The van der Waals surface area contributed by atoms with Gasteiger partial charge in [0, 0.05) is 37.2 Å². The smallest absolute Gasteiger partial charge is 0.243 e. The number of thioether (sulfide) groups is 1. The first-order valence-corrected chi connectivity index (χ1v) is 9.08. The van der Waals surface area contributed by atoms with Crippen LogP contribution in [-0.4, -0.2) is 57.4 Å². The lowest BCUT2D eigenvalue weighted by Gasteiger charge is -2.31. The third-order valence-corrected chi connectivity index (χ3v) is 5.21. The highest BCUT2D eigenvalue weighted by Gasteiger charge is 2.38. The zero-order chi connectivity index (χ0) is 16.1. The molecule has 1 aliphatic heterocycles. The molecule has 0 spiro atoms. The van der Waals surface area contributed by atoms with Gasteiger partial charge in [-0.15, -0.1) is 11.8 Å². The highest BCUT2D eigenvalue weighted by Crippen LogP contribution is 2.32. The highest BCUT2D eigenvalue weighted by atomic mass is 32.2. The molecule has 2 fully saturated rings. The molecule has 2 heterocycles. The van der Waals surface area contributed by atoms with Crippen LogP contribution in [0.3, 0.4) is 0 Å². The molecule has 0 bridgehead atoms. The van der Waals surface area contributed by atoms with Gasteiger partial charge in [-0.3, -0.25) is 9.59 Å². The molecular formula is C15H21N5O2S. The third kappa shape index (κ3) is 3.93. The number of carbonyl (C=O) groups excluding carboxylic acids is 2. The standard InChI is InChI=1S/C15H21N5O2S/c21-13(16-7-8-19-15-17-5-2-6-18-15)12-9-23-10-20(12)14(22)11-3-1-4-11/h2,5-6,11-12H,1,3-4,7-10H2,(H,16,21)(H,17,18,19)/t12-/m0/s1. The number of amides is 2. The van der Waals surface area contributed by atoms with Crippen LogP contribution < -0.4 is 10.6 Å². The minimum atomic E-state index is -0.332. The summed E-state index contributed by atoms with van der Waals surface area (Å²) in [6.45, 7) is 1.02. The Kier molecular flexibility index (Phi) is 5.32. The predicted molar refractivity (Wildman–Crippen MR) is 88.8 cm³/mol. The fourth-order valence-electron chi connectivity index (χ4n) is 2.63. The van der Waals surface area contributed by atoms with Crippen LogP contribution in [-0.2, 0) is 9.59 Å². The van der Waals surface area contributed by atoms with Gasteiger partial charge in [-0.05, 0) is 18.9 Å². The Balaban J connectivity index is 1.42. The van der Waals surface area contributed by atoms with Gasteiger partial charge in [-0.2, -0.15) is 0 Å². The van der Waals surface area contributed by atoms with Crippen molar-refractivity contribution in [3.05, 3.63) is 18.5 Å². The lowest BCUT2D eigenvalue weighted by atomic mass is 9.84. The first-order valence-electron chi connectivity index (χ1n) is 7.92. The van der Waals surface area contributed by atoms with Crippen LogP contribution in [0.1, 0.15) is 19.3 Å². The summed E-state index contributed by atoms with van der Waals surface area (Å²) in [7, 11) is 0. The Hall–Kier alpha value is -1.83. The second-order valence-corrected chi connectivity index (χ2v) is 6.74. The van der Waals surface area contributed by atoms with Gasteiger partial charge in [0.15, 0.2) is 0 Å². The number of aromatic nitrogens is 2. The molecule has 0 aromatic carbocycles. The average molecular weight is 335 g/mol.